The maximum Gasteiger partial charge on any atom is 0.256 e. The number of hydrogen-bond donors (Lipinski definition) is 1. The Morgan fingerprint density at radius 1 is 1.26 bits per heavy atom. The highest BCUT2D eigenvalue weighted by Gasteiger charge is 2.21. The molecule has 0 bridgehead atoms. The number of hydrogen-bond acceptors (Lipinski definition) is 3. The van der Waals surface area contributed by atoms with E-state index in [1.54, 1.807) is 32.3 Å². The van der Waals surface area contributed by atoms with E-state index in [0.717, 1.165) is 11.1 Å². The molecule has 1 heterocycles. The first-order valence-corrected chi connectivity index (χ1v) is 7.09. The molecule has 0 saturated carbocycles. The lowest BCUT2D eigenvalue weighted by atomic mass is 10.0. The Labute approximate surface area is 125 Å². The van der Waals surface area contributed by atoms with Crippen LogP contribution in [0.15, 0.2) is 23.6 Å². The number of carbonyl (C=O) groups is 1. The second-order valence-electron chi connectivity index (χ2n) is 4.21. The minimum absolute atomic E-state index is 0.139. The monoisotopic (exact) mass is 314 g/mol. The van der Waals surface area contributed by atoms with Gasteiger partial charge in [0.15, 0.2) is 0 Å². The van der Waals surface area contributed by atoms with E-state index in [9.17, 15) is 4.79 Å². The van der Waals surface area contributed by atoms with Crippen LogP contribution in [0.5, 0.6) is 0 Å². The highest BCUT2D eigenvalue weighted by atomic mass is 35.5. The molecular weight excluding hydrogens is 303 g/mol. The number of rotatable bonds is 2. The van der Waals surface area contributed by atoms with Gasteiger partial charge in [-0.2, -0.15) is 0 Å². The van der Waals surface area contributed by atoms with Gasteiger partial charge in [-0.3, -0.25) is 4.79 Å². The van der Waals surface area contributed by atoms with E-state index in [-0.39, 0.29) is 5.91 Å². The number of nitrogens with two attached hydrogens (primary N) is 1. The molecule has 0 aliphatic heterocycles. The molecule has 2 aromatic rings. The second kappa shape index (κ2) is 5.41. The van der Waals surface area contributed by atoms with Crippen molar-refractivity contribution in [3.63, 3.8) is 0 Å². The minimum atomic E-state index is -0.139. The summed E-state index contributed by atoms with van der Waals surface area (Å²) in [6, 6.07) is 5.18. The Morgan fingerprint density at radius 3 is 2.53 bits per heavy atom. The summed E-state index contributed by atoms with van der Waals surface area (Å²) in [4.78, 5) is 13.7. The van der Waals surface area contributed by atoms with Crippen LogP contribution in [0, 0.1) is 0 Å². The molecule has 0 radical (unpaired) electrons. The molecule has 0 saturated heterocycles. The van der Waals surface area contributed by atoms with Gasteiger partial charge in [-0.15, -0.1) is 11.3 Å². The molecule has 0 fully saturated rings. The molecule has 0 atom stereocenters. The van der Waals surface area contributed by atoms with E-state index in [2.05, 4.69) is 0 Å². The van der Waals surface area contributed by atoms with E-state index in [0.29, 0.717) is 20.6 Å². The Bertz CT molecular complexity index is 638. The molecule has 2 N–H and O–H groups in total. The fourth-order valence-corrected chi connectivity index (χ4v) is 3.04. The van der Waals surface area contributed by atoms with Crippen molar-refractivity contribution in [1.29, 1.82) is 0 Å². The van der Waals surface area contributed by atoms with Crippen molar-refractivity contribution in [2.45, 2.75) is 0 Å². The zero-order valence-corrected chi connectivity index (χ0v) is 12.7. The number of carbonyl (C=O) groups excluding carboxylic acids is 1. The topological polar surface area (TPSA) is 46.3 Å². The number of halogens is 2. The molecule has 6 heteroatoms. The SMILES string of the molecule is CN(C)C(=O)c1c(-c2ccc(Cl)cc2Cl)csc1N. The molecule has 1 aromatic carbocycles. The van der Waals surface area contributed by atoms with Gasteiger partial charge in [0.1, 0.15) is 0 Å². The summed E-state index contributed by atoms with van der Waals surface area (Å²) < 4.78 is 0. The van der Waals surface area contributed by atoms with Crippen LogP contribution >= 0.6 is 34.5 Å². The lowest BCUT2D eigenvalue weighted by Gasteiger charge is -2.12. The molecule has 0 unspecified atom stereocenters. The summed E-state index contributed by atoms with van der Waals surface area (Å²) in [5.74, 6) is -0.139. The normalized spacial score (nSPS) is 10.5. The predicted octanol–water partition coefficient (Wildman–Crippen LogP) is 4.01. The third-order valence-electron chi connectivity index (χ3n) is 2.66. The van der Waals surface area contributed by atoms with Crippen molar-refractivity contribution in [2.24, 2.45) is 0 Å². The summed E-state index contributed by atoms with van der Waals surface area (Å²) in [5, 5.41) is 3.37. The van der Waals surface area contributed by atoms with Gasteiger partial charge >= 0.3 is 0 Å². The second-order valence-corrected chi connectivity index (χ2v) is 5.97. The van der Waals surface area contributed by atoms with Gasteiger partial charge in [0.2, 0.25) is 0 Å². The molecule has 0 aliphatic carbocycles. The molecule has 0 spiro atoms. The van der Waals surface area contributed by atoms with E-state index < -0.39 is 0 Å². The zero-order chi connectivity index (χ0) is 14.2. The summed E-state index contributed by atoms with van der Waals surface area (Å²) in [6.45, 7) is 0. The molecule has 100 valence electrons. The number of thiophene rings is 1. The third-order valence-corrected chi connectivity index (χ3v) is 4.02. The maximum absolute atomic E-state index is 12.2. The van der Waals surface area contributed by atoms with Crippen molar-refractivity contribution in [1.82, 2.24) is 4.90 Å². The Kier molecular flexibility index (Phi) is 4.04. The standard InChI is InChI=1S/C13H12Cl2N2OS/c1-17(2)13(18)11-9(6-19-12(11)16)8-4-3-7(14)5-10(8)15/h3-6H,16H2,1-2H3. The lowest BCUT2D eigenvalue weighted by Crippen LogP contribution is -2.22. The molecule has 19 heavy (non-hydrogen) atoms. The molecular formula is C13H12Cl2N2OS. The summed E-state index contributed by atoms with van der Waals surface area (Å²) in [7, 11) is 3.37. The van der Waals surface area contributed by atoms with Gasteiger partial charge in [-0.05, 0) is 12.1 Å². The van der Waals surface area contributed by atoms with Crippen LogP contribution in [0.1, 0.15) is 10.4 Å². The van der Waals surface area contributed by atoms with Crippen molar-refractivity contribution >= 4 is 45.4 Å². The molecule has 2 rings (SSSR count). The fourth-order valence-electron chi connectivity index (χ4n) is 1.72. The van der Waals surface area contributed by atoms with Gasteiger partial charge in [-0.25, -0.2) is 0 Å². The number of benzene rings is 1. The number of nitrogen functional groups attached to an aromatic ring is 1. The average Bonchev–Trinajstić information content (AvgIpc) is 2.70. The van der Waals surface area contributed by atoms with E-state index in [1.165, 1.54) is 16.2 Å². The van der Waals surface area contributed by atoms with Gasteiger partial charge in [0.25, 0.3) is 5.91 Å². The first-order valence-electron chi connectivity index (χ1n) is 5.46. The summed E-state index contributed by atoms with van der Waals surface area (Å²) >= 11 is 13.4. The Morgan fingerprint density at radius 2 is 1.95 bits per heavy atom. The zero-order valence-electron chi connectivity index (χ0n) is 10.4. The van der Waals surface area contributed by atoms with Crippen LogP contribution < -0.4 is 5.73 Å². The highest BCUT2D eigenvalue weighted by Crippen LogP contribution is 2.38. The number of nitrogens with zero attached hydrogens (tertiary/aromatic N) is 1. The van der Waals surface area contributed by atoms with Crippen molar-refractivity contribution in [3.05, 3.63) is 39.2 Å². The summed E-state index contributed by atoms with van der Waals surface area (Å²) in [6.07, 6.45) is 0. The first kappa shape index (κ1) is 14.2. The van der Waals surface area contributed by atoms with Crippen molar-refractivity contribution < 1.29 is 4.79 Å². The summed E-state index contributed by atoms with van der Waals surface area (Å²) in [5.41, 5.74) is 7.88. The smallest absolute Gasteiger partial charge is 0.256 e. The largest absolute Gasteiger partial charge is 0.390 e. The molecule has 1 aromatic heterocycles. The van der Waals surface area contributed by atoms with Gasteiger partial charge in [-0.1, -0.05) is 29.3 Å². The number of amides is 1. The van der Waals surface area contributed by atoms with E-state index in [1.807, 2.05) is 5.38 Å². The van der Waals surface area contributed by atoms with Crippen LogP contribution in [0.4, 0.5) is 5.00 Å². The van der Waals surface area contributed by atoms with Crippen LogP contribution in [-0.2, 0) is 0 Å². The Hall–Kier alpha value is -1.23. The number of anilines is 1. The van der Waals surface area contributed by atoms with E-state index >= 15 is 0 Å². The quantitative estimate of drug-likeness (QED) is 0.910. The van der Waals surface area contributed by atoms with E-state index in [4.69, 9.17) is 28.9 Å². The van der Waals surface area contributed by atoms with Gasteiger partial charge in [0.05, 0.1) is 10.6 Å². The average molecular weight is 315 g/mol. The molecule has 0 aliphatic rings. The van der Waals surface area contributed by atoms with Crippen LogP contribution in [-0.4, -0.2) is 24.9 Å². The van der Waals surface area contributed by atoms with Crippen molar-refractivity contribution in [2.75, 3.05) is 19.8 Å². The molecule has 3 nitrogen and oxygen atoms in total. The predicted molar refractivity (Wildman–Crippen MR) is 82.2 cm³/mol. The van der Waals surface area contributed by atoms with Gasteiger partial charge < -0.3 is 10.6 Å². The minimum Gasteiger partial charge on any atom is -0.390 e. The third kappa shape index (κ3) is 2.71. The Balaban J connectivity index is 2.61. The van der Waals surface area contributed by atoms with Crippen LogP contribution in [0.25, 0.3) is 11.1 Å². The van der Waals surface area contributed by atoms with Crippen LogP contribution in [0.3, 0.4) is 0 Å². The molecule has 1 amide bonds. The van der Waals surface area contributed by atoms with Crippen molar-refractivity contribution in [3.8, 4) is 11.1 Å². The highest BCUT2D eigenvalue weighted by molar-refractivity contribution is 7.15. The fraction of sp³-hybridized carbons (Fsp3) is 0.154. The van der Waals surface area contributed by atoms with Crippen LogP contribution in [0.2, 0.25) is 10.0 Å². The lowest BCUT2D eigenvalue weighted by molar-refractivity contribution is 0.0830. The first-order chi connectivity index (χ1) is 8.91. The van der Waals surface area contributed by atoms with Gasteiger partial charge in [0, 0.05) is 40.6 Å². The maximum atomic E-state index is 12.2.